The van der Waals surface area contributed by atoms with E-state index in [0.29, 0.717) is 12.5 Å². The molecule has 2 fully saturated rings. The first-order valence-electron chi connectivity index (χ1n) is 9.03. The number of hydrogen-bond acceptors (Lipinski definition) is 3. The smallest absolute Gasteiger partial charge is 0.236 e. The number of carbonyl (C=O) groups excluding carboxylic acids is 1. The van der Waals surface area contributed by atoms with Crippen molar-refractivity contribution in [3.8, 4) is 0 Å². The number of nitrogens with zero attached hydrogens (tertiary/aromatic N) is 2. The van der Waals surface area contributed by atoms with Crippen molar-refractivity contribution in [3.63, 3.8) is 0 Å². The van der Waals surface area contributed by atoms with E-state index in [2.05, 4.69) is 49.2 Å². The number of piperidine rings is 1. The van der Waals surface area contributed by atoms with Gasteiger partial charge in [-0.05, 0) is 24.3 Å². The molecule has 24 heavy (non-hydrogen) atoms. The van der Waals surface area contributed by atoms with E-state index in [-0.39, 0.29) is 5.91 Å². The van der Waals surface area contributed by atoms with Gasteiger partial charge in [-0.15, -0.1) is 0 Å². The van der Waals surface area contributed by atoms with Crippen LogP contribution in [0.4, 0.5) is 0 Å². The number of allylic oxidation sites excluding steroid dienone is 1. The van der Waals surface area contributed by atoms with Crippen LogP contribution >= 0.6 is 0 Å². The van der Waals surface area contributed by atoms with Crippen LogP contribution in [-0.2, 0) is 9.53 Å². The molecule has 0 aromatic heterocycles. The van der Waals surface area contributed by atoms with Gasteiger partial charge in [0.05, 0.1) is 19.8 Å². The van der Waals surface area contributed by atoms with Gasteiger partial charge in [0.2, 0.25) is 5.91 Å². The van der Waals surface area contributed by atoms with Gasteiger partial charge in [0.25, 0.3) is 0 Å². The van der Waals surface area contributed by atoms with Crippen molar-refractivity contribution in [2.45, 2.75) is 12.8 Å². The molecule has 1 aromatic rings. The molecule has 2 heterocycles. The molecule has 1 aromatic carbocycles. The van der Waals surface area contributed by atoms with Crippen molar-refractivity contribution in [3.05, 3.63) is 35.9 Å². The van der Waals surface area contributed by atoms with Gasteiger partial charge in [-0.2, -0.15) is 0 Å². The Balaban J connectivity index is 1.44. The van der Waals surface area contributed by atoms with Crippen molar-refractivity contribution < 1.29 is 9.53 Å². The summed E-state index contributed by atoms with van der Waals surface area (Å²) >= 11 is 0. The maximum atomic E-state index is 12.4. The minimum absolute atomic E-state index is 0.276. The highest BCUT2D eigenvalue weighted by Crippen LogP contribution is 2.20. The van der Waals surface area contributed by atoms with Crippen LogP contribution in [0, 0.1) is 5.92 Å². The van der Waals surface area contributed by atoms with Gasteiger partial charge in [0, 0.05) is 26.2 Å². The van der Waals surface area contributed by atoms with Crippen molar-refractivity contribution in [2.75, 3.05) is 45.9 Å². The topological polar surface area (TPSA) is 32.8 Å². The summed E-state index contributed by atoms with van der Waals surface area (Å²) in [6.07, 6.45) is 6.68. The molecule has 1 amide bonds. The maximum absolute atomic E-state index is 12.4. The summed E-state index contributed by atoms with van der Waals surface area (Å²) in [5.74, 6) is 0.857. The van der Waals surface area contributed by atoms with Crippen LogP contribution in [0.2, 0.25) is 0 Å². The molecule has 0 aliphatic carbocycles. The Morgan fingerprint density at radius 1 is 1.21 bits per heavy atom. The molecule has 2 aliphatic heterocycles. The lowest BCUT2D eigenvalue weighted by Gasteiger charge is -2.33. The van der Waals surface area contributed by atoms with Crippen molar-refractivity contribution in [1.82, 2.24) is 9.80 Å². The lowest BCUT2D eigenvalue weighted by molar-refractivity contribution is -0.134. The fourth-order valence-electron chi connectivity index (χ4n) is 3.41. The van der Waals surface area contributed by atoms with Gasteiger partial charge in [-0.1, -0.05) is 41.9 Å². The zero-order valence-corrected chi connectivity index (χ0v) is 14.6. The highest BCUT2D eigenvalue weighted by molar-refractivity contribution is 6.32. The van der Waals surface area contributed by atoms with E-state index >= 15 is 0 Å². The first-order chi connectivity index (χ1) is 11.7. The summed E-state index contributed by atoms with van der Waals surface area (Å²) < 4.78 is 5.34. The highest BCUT2D eigenvalue weighted by atomic mass is 16.5. The second kappa shape index (κ2) is 8.49. The molecule has 128 valence electrons. The Hall–Kier alpha value is -1.59. The van der Waals surface area contributed by atoms with Crippen LogP contribution in [0.3, 0.4) is 0 Å². The first-order valence-corrected chi connectivity index (χ1v) is 9.03. The molecule has 4 nitrogen and oxygen atoms in total. The van der Waals surface area contributed by atoms with Crippen molar-refractivity contribution in [2.24, 2.45) is 5.92 Å². The van der Waals surface area contributed by atoms with Crippen LogP contribution in [-0.4, -0.2) is 69.5 Å². The second-order valence-electron chi connectivity index (χ2n) is 6.88. The molecule has 0 spiro atoms. The molecule has 0 bridgehead atoms. The average Bonchev–Trinajstić information content (AvgIpc) is 2.61. The molecule has 0 radical (unpaired) electrons. The van der Waals surface area contributed by atoms with Gasteiger partial charge in [-0.25, -0.2) is 0 Å². The molecule has 2 aliphatic rings. The number of morpholine rings is 1. The van der Waals surface area contributed by atoms with Crippen LogP contribution in [0.15, 0.2) is 30.3 Å². The highest BCUT2D eigenvalue weighted by Gasteiger charge is 2.23. The van der Waals surface area contributed by atoms with Gasteiger partial charge < -0.3 is 9.64 Å². The molecular weight excluding hydrogens is 299 g/mol. The van der Waals surface area contributed by atoms with E-state index in [0.717, 1.165) is 52.2 Å². The Labute approximate surface area is 145 Å². The quantitative estimate of drug-likeness (QED) is 0.757. The van der Waals surface area contributed by atoms with E-state index in [1.54, 1.807) is 0 Å². The normalized spacial score (nSPS) is 20.6. The Morgan fingerprint density at radius 2 is 1.96 bits per heavy atom. The summed E-state index contributed by atoms with van der Waals surface area (Å²) in [6, 6.07) is 8.57. The number of hydrogen-bond donors (Lipinski definition) is 0. The lowest BCUT2D eigenvalue weighted by Crippen LogP contribution is -2.46. The standard InChI is InChI=1S/C19H27BN2O2/c20-18-3-1-2-17(14-18)5-4-16-6-8-22(9-7-16)19(23)15-21-10-12-24-13-11-21/h1-5,14,16H,6-13,15,20H2/b5-4+. The molecule has 5 heteroatoms. The summed E-state index contributed by atoms with van der Waals surface area (Å²) in [5.41, 5.74) is 2.56. The molecule has 0 atom stereocenters. The van der Waals surface area contributed by atoms with E-state index in [1.165, 1.54) is 11.0 Å². The monoisotopic (exact) mass is 326 g/mol. The molecular formula is C19H27BN2O2. The van der Waals surface area contributed by atoms with E-state index in [4.69, 9.17) is 4.74 Å². The summed E-state index contributed by atoms with van der Waals surface area (Å²) in [5, 5.41) is 0. The molecule has 0 unspecified atom stereocenters. The number of rotatable bonds is 4. The Kier molecular flexibility index (Phi) is 6.10. The number of likely N-dealkylation sites (tertiary alicyclic amines) is 1. The van der Waals surface area contributed by atoms with Gasteiger partial charge in [-0.3, -0.25) is 9.69 Å². The third kappa shape index (κ3) is 4.95. The van der Waals surface area contributed by atoms with Gasteiger partial charge in [0.1, 0.15) is 7.85 Å². The third-order valence-electron chi connectivity index (χ3n) is 4.96. The molecule has 0 N–H and O–H groups in total. The van der Waals surface area contributed by atoms with Crippen LogP contribution in [0.5, 0.6) is 0 Å². The van der Waals surface area contributed by atoms with Gasteiger partial charge in [0.15, 0.2) is 0 Å². The maximum Gasteiger partial charge on any atom is 0.236 e. The second-order valence-corrected chi connectivity index (χ2v) is 6.88. The van der Waals surface area contributed by atoms with Crippen LogP contribution in [0.1, 0.15) is 18.4 Å². The van der Waals surface area contributed by atoms with Crippen LogP contribution in [0.25, 0.3) is 6.08 Å². The predicted molar refractivity (Wildman–Crippen MR) is 100 cm³/mol. The summed E-state index contributed by atoms with van der Waals surface area (Å²) in [7, 11) is 2.12. The fraction of sp³-hybridized carbons (Fsp3) is 0.526. The zero-order chi connectivity index (χ0) is 16.8. The Morgan fingerprint density at radius 3 is 2.67 bits per heavy atom. The SMILES string of the molecule is Bc1cccc(/C=C/C2CCN(C(=O)CN3CCOCC3)CC2)c1. The average molecular weight is 326 g/mol. The van der Waals surface area contributed by atoms with Crippen LogP contribution < -0.4 is 5.46 Å². The number of amides is 1. The molecule has 3 rings (SSSR count). The van der Waals surface area contributed by atoms with Gasteiger partial charge >= 0.3 is 0 Å². The predicted octanol–water partition coefficient (Wildman–Crippen LogP) is 0.529. The number of benzene rings is 1. The van der Waals surface area contributed by atoms with E-state index < -0.39 is 0 Å². The van der Waals surface area contributed by atoms with Crippen molar-refractivity contribution in [1.29, 1.82) is 0 Å². The number of carbonyl (C=O) groups is 1. The number of ether oxygens (including phenoxy) is 1. The Bertz CT molecular complexity index is 576. The lowest BCUT2D eigenvalue weighted by atomic mass is 9.92. The molecule has 2 saturated heterocycles. The van der Waals surface area contributed by atoms with E-state index in [9.17, 15) is 4.79 Å². The first kappa shape index (κ1) is 17.2. The summed E-state index contributed by atoms with van der Waals surface area (Å²) in [4.78, 5) is 16.7. The minimum Gasteiger partial charge on any atom is -0.379 e. The molecule has 0 saturated carbocycles. The van der Waals surface area contributed by atoms with E-state index in [1.807, 2.05) is 4.90 Å². The third-order valence-corrected chi connectivity index (χ3v) is 4.96. The summed E-state index contributed by atoms with van der Waals surface area (Å²) in [6.45, 7) is 5.56. The fourth-order valence-corrected chi connectivity index (χ4v) is 3.41. The minimum atomic E-state index is 0.276. The largest absolute Gasteiger partial charge is 0.379 e. The zero-order valence-electron chi connectivity index (χ0n) is 14.6. The van der Waals surface area contributed by atoms with Crippen molar-refractivity contribution >= 4 is 25.3 Å².